The van der Waals surface area contributed by atoms with Crippen molar-refractivity contribution in [3.63, 3.8) is 0 Å². The molecule has 2 aromatic rings. The summed E-state index contributed by atoms with van der Waals surface area (Å²) in [6.45, 7) is 3.79. The van der Waals surface area contributed by atoms with Crippen LogP contribution in [0.25, 0.3) is 0 Å². The summed E-state index contributed by atoms with van der Waals surface area (Å²) in [4.78, 5) is 58.2. The maximum absolute atomic E-state index is 13.5. The van der Waals surface area contributed by atoms with Gasteiger partial charge in [0.25, 0.3) is 5.91 Å². The highest BCUT2D eigenvalue weighted by Gasteiger charge is 2.40. The van der Waals surface area contributed by atoms with E-state index in [1.54, 1.807) is 17.0 Å². The van der Waals surface area contributed by atoms with Crippen molar-refractivity contribution in [2.75, 3.05) is 44.2 Å². The molecule has 0 spiro atoms. The normalized spacial score (nSPS) is 22.9. The quantitative estimate of drug-likeness (QED) is 0.484. The van der Waals surface area contributed by atoms with Crippen LogP contribution in [0.5, 0.6) is 0 Å². The number of piperazine rings is 1. The maximum atomic E-state index is 13.5. The Balaban J connectivity index is 1.02. The number of likely N-dealkylation sites (tertiary alicyclic amines) is 1. The molecule has 2 aromatic carbocycles. The third-order valence-corrected chi connectivity index (χ3v) is 9.35. The zero-order valence-electron chi connectivity index (χ0n) is 24.4. The van der Waals surface area contributed by atoms with Crippen LogP contribution in [0.2, 0.25) is 0 Å². The van der Waals surface area contributed by atoms with E-state index in [1.807, 2.05) is 21.9 Å². The highest BCUT2D eigenvalue weighted by atomic mass is 19.4. The van der Waals surface area contributed by atoms with Gasteiger partial charge in [0.05, 0.1) is 11.6 Å². The lowest BCUT2D eigenvalue weighted by Gasteiger charge is -2.38. The molecule has 4 amide bonds. The molecule has 4 aliphatic rings. The Labute approximate surface area is 253 Å². The van der Waals surface area contributed by atoms with Crippen molar-refractivity contribution in [3.05, 3.63) is 64.7 Å². The number of fused-ring (bicyclic) bond motifs is 1. The minimum absolute atomic E-state index is 0.0808. The van der Waals surface area contributed by atoms with Crippen LogP contribution in [0.15, 0.2) is 42.5 Å². The number of piperidine rings is 1. The number of nitrogens with zero attached hydrogens (tertiary/aromatic N) is 4. The van der Waals surface area contributed by atoms with Crippen LogP contribution in [0.1, 0.15) is 59.2 Å². The second-order valence-corrected chi connectivity index (χ2v) is 12.0. The highest BCUT2D eigenvalue weighted by molar-refractivity contribution is 6.05. The van der Waals surface area contributed by atoms with Crippen molar-refractivity contribution in [2.24, 2.45) is 0 Å². The summed E-state index contributed by atoms with van der Waals surface area (Å²) < 4.78 is 39.5. The Kier molecular flexibility index (Phi) is 8.36. The molecule has 44 heavy (non-hydrogen) atoms. The van der Waals surface area contributed by atoms with E-state index in [4.69, 9.17) is 0 Å². The largest absolute Gasteiger partial charge is 0.416 e. The van der Waals surface area contributed by atoms with E-state index in [-0.39, 0.29) is 30.2 Å². The van der Waals surface area contributed by atoms with Gasteiger partial charge in [-0.1, -0.05) is 18.2 Å². The molecule has 0 aliphatic carbocycles. The third-order valence-electron chi connectivity index (χ3n) is 9.35. The molecule has 2 unspecified atom stereocenters. The molecule has 3 saturated heterocycles. The number of amides is 4. The number of nitrogens with one attached hydrogen (secondary N) is 1. The van der Waals surface area contributed by atoms with E-state index in [0.29, 0.717) is 50.4 Å². The monoisotopic (exact) mass is 611 g/mol. The molecule has 0 bridgehead atoms. The average Bonchev–Trinajstić information content (AvgIpc) is 3.61. The molecule has 4 aliphatic heterocycles. The lowest BCUT2D eigenvalue weighted by molar-refractivity contribution is -0.138. The summed E-state index contributed by atoms with van der Waals surface area (Å²) >= 11 is 0. The van der Waals surface area contributed by atoms with E-state index in [1.165, 1.54) is 12.1 Å². The molecule has 0 aromatic heterocycles. The Hall–Kier alpha value is -3.93. The predicted molar refractivity (Wildman–Crippen MR) is 156 cm³/mol. The van der Waals surface area contributed by atoms with Gasteiger partial charge in [0.2, 0.25) is 17.7 Å². The first-order valence-electron chi connectivity index (χ1n) is 15.3. The Morgan fingerprint density at radius 3 is 2.48 bits per heavy atom. The zero-order valence-corrected chi connectivity index (χ0v) is 24.4. The van der Waals surface area contributed by atoms with Gasteiger partial charge in [0, 0.05) is 50.4 Å². The van der Waals surface area contributed by atoms with Crippen molar-refractivity contribution in [1.82, 2.24) is 20.0 Å². The van der Waals surface area contributed by atoms with Gasteiger partial charge in [0.15, 0.2) is 0 Å². The lowest BCUT2D eigenvalue weighted by atomic mass is 9.99. The summed E-state index contributed by atoms with van der Waals surface area (Å²) in [5.74, 6) is -0.843. The van der Waals surface area contributed by atoms with Crippen LogP contribution < -0.4 is 10.2 Å². The van der Waals surface area contributed by atoms with E-state index in [2.05, 4.69) is 10.2 Å². The predicted octanol–water partition coefficient (Wildman–Crippen LogP) is 3.21. The van der Waals surface area contributed by atoms with Crippen molar-refractivity contribution in [3.8, 4) is 0 Å². The standard InChI is InChI=1S/C32H36F3N5O4/c33-32(34,35)22-7-2-8-23(19-22)37-15-17-39(18-16-37)31(44)27-10-4-14-38(27)13-3-6-21-5-1-9-24-25(21)20-40(30(24)43)26-11-12-28(41)36-29(26)42/h1-2,5,7-9,19,26-27H,3-4,6,10-18,20H2,(H,36,41,42). The van der Waals surface area contributed by atoms with E-state index < -0.39 is 23.7 Å². The van der Waals surface area contributed by atoms with Crippen LogP contribution in [0, 0.1) is 0 Å². The Morgan fingerprint density at radius 1 is 0.955 bits per heavy atom. The SMILES string of the molecule is O=C1CCC(N2Cc3c(CCCN4CCCC4C(=O)N4CCN(c5cccc(C(F)(F)F)c5)CC4)cccc3C2=O)C(=O)N1. The van der Waals surface area contributed by atoms with Gasteiger partial charge in [-0.15, -0.1) is 0 Å². The fraction of sp³-hybridized carbons (Fsp3) is 0.500. The van der Waals surface area contributed by atoms with Gasteiger partial charge >= 0.3 is 6.18 Å². The molecular formula is C32H36F3N5O4. The van der Waals surface area contributed by atoms with Gasteiger partial charge in [-0.05, 0) is 80.6 Å². The number of benzene rings is 2. The minimum Gasteiger partial charge on any atom is -0.368 e. The number of imide groups is 1. The van der Waals surface area contributed by atoms with E-state index in [0.717, 1.165) is 56.0 Å². The second-order valence-electron chi connectivity index (χ2n) is 12.0. The minimum atomic E-state index is -4.39. The summed E-state index contributed by atoms with van der Waals surface area (Å²) in [7, 11) is 0. The molecule has 234 valence electrons. The first kappa shape index (κ1) is 30.1. The van der Waals surface area contributed by atoms with E-state index in [9.17, 15) is 32.3 Å². The topological polar surface area (TPSA) is 93.3 Å². The van der Waals surface area contributed by atoms with Crippen molar-refractivity contribution in [2.45, 2.75) is 63.3 Å². The molecule has 2 atom stereocenters. The van der Waals surface area contributed by atoms with Gasteiger partial charge < -0.3 is 14.7 Å². The van der Waals surface area contributed by atoms with Crippen molar-refractivity contribution >= 4 is 29.3 Å². The smallest absolute Gasteiger partial charge is 0.368 e. The number of carbonyl (C=O) groups excluding carboxylic acids is 4. The second kappa shape index (κ2) is 12.2. The summed E-state index contributed by atoms with van der Waals surface area (Å²) in [6.07, 6.45) is -0.620. The molecule has 9 nitrogen and oxygen atoms in total. The first-order valence-corrected chi connectivity index (χ1v) is 15.3. The summed E-state index contributed by atoms with van der Waals surface area (Å²) in [5, 5.41) is 2.34. The molecule has 0 saturated carbocycles. The average molecular weight is 612 g/mol. The molecule has 1 N–H and O–H groups in total. The molecule has 3 fully saturated rings. The maximum Gasteiger partial charge on any atom is 0.416 e. The van der Waals surface area contributed by atoms with Gasteiger partial charge in [0.1, 0.15) is 6.04 Å². The van der Waals surface area contributed by atoms with Gasteiger partial charge in [-0.25, -0.2) is 0 Å². The van der Waals surface area contributed by atoms with Crippen LogP contribution in [0.3, 0.4) is 0 Å². The molecule has 12 heteroatoms. The highest BCUT2D eigenvalue weighted by Crippen LogP contribution is 2.33. The van der Waals surface area contributed by atoms with Gasteiger partial charge in [-0.3, -0.25) is 29.4 Å². The fourth-order valence-electron chi connectivity index (χ4n) is 7.00. The van der Waals surface area contributed by atoms with Gasteiger partial charge in [-0.2, -0.15) is 13.2 Å². The van der Waals surface area contributed by atoms with Crippen LogP contribution in [-0.4, -0.2) is 89.7 Å². The number of anilines is 1. The Morgan fingerprint density at radius 2 is 1.73 bits per heavy atom. The number of carbonyl (C=O) groups is 4. The number of alkyl halides is 3. The number of hydrogen-bond acceptors (Lipinski definition) is 6. The Bertz CT molecular complexity index is 1460. The van der Waals surface area contributed by atoms with Crippen LogP contribution in [-0.2, 0) is 33.5 Å². The summed E-state index contributed by atoms with van der Waals surface area (Å²) in [6, 6.07) is 10.1. The number of hydrogen-bond donors (Lipinski definition) is 1. The zero-order chi connectivity index (χ0) is 31.0. The fourth-order valence-corrected chi connectivity index (χ4v) is 7.00. The molecule has 0 radical (unpaired) electrons. The first-order chi connectivity index (χ1) is 21.1. The van der Waals surface area contributed by atoms with Crippen LogP contribution in [0.4, 0.5) is 18.9 Å². The number of rotatable bonds is 7. The van der Waals surface area contributed by atoms with Crippen molar-refractivity contribution in [1.29, 1.82) is 0 Å². The number of halogens is 3. The molecule has 4 heterocycles. The number of aryl methyl sites for hydroxylation is 1. The van der Waals surface area contributed by atoms with E-state index >= 15 is 0 Å². The molecular weight excluding hydrogens is 575 g/mol. The lowest BCUT2D eigenvalue weighted by Crippen LogP contribution is -2.53. The molecule has 6 rings (SSSR count). The third kappa shape index (κ3) is 6.04. The summed E-state index contributed by atoms with van der Waals surface area (Å²) in [5.41, 5.74) is 2.43. The van der Waals surface area contributed by atoms with Crippen LogP contribution >= 0.6 is 0 Å². The van der Waals surface area contributed by atoms with Crippen molar-refractivity contribution < 1.29 is 32.3 Å².